The van der Waals surface area contributed by atoms with Crippen LogP contribution in [0.2, 0.25) is 0 Å². The van der Waals surface area contributed by atoms with E-state index in [2.05, 4.69) is 6.92 Å². The first-order valence-electron chi connectivity index (χ1n) is 16.6. The SMILES string of the molecule is CCC(C)(C)C(=O)OC1=C(C)OC(C)C1=O.CCC(C)(C)C(=O)Oc1ccc(O)cc1.CCC1(OC(=O)C(C)(C)CC)CCCC1. The number of benzene rings is 1. The van der Waals surface area contributed by atoms with Gasteiger partial charge in [-0.2, -0.15) is 0 Å². The summed E-state index contributed by atoms with van der Waals surface area (Å²) in [5.74, 6) is 0.123. The minimum atomic E-state index is -0.584. The van der Waals surface area contributed by atoms with Gasteiger partial charge in [-0.3, -0.25) is 19.2 Å². The third kappa shape index (κ3) is 11.5. The maximum atomic E-state index is 12.0. The lowest BCUT2D eigenvalue weighted by Gasteiger charge is -2.32. The zero-order valence-corrected chi connectivity index (χ0v) is 30.3. The van der Waals surface area contributed by atoms with Crippen LogP contribution in [-0.4, -0.2) is 40.5 Å². The summed E-state index contributed by atoms with van der Waals surface area (Å²) in [5, 5.41) is 9.06. The molecule has 0 spiro atoms. The fourth-order valence-corrected chi connectivity index (χ4v) is 4.16. The molecule has 9 nitrogen and oxygen atoms in total. The van der Waals surface area contributed by atoms with Gasteiger partial charge in [-0.15, -0.1) is 0 Å². The lowest BCUT2D eigenvalue weighted by atomic mass is 9.89. The first-order valence-corrected chi connectivity index (χ1v) is 16.6. The Kier molecular flexibility index (Phi) is 15.0. The van der Waals surface area contributed by atoms with Gasteiger partial charge in [0.1, 0.15) is 22.9 Å². The number of hydrogen-bond donors (Lipinski definition) is 1. The molecule has 0 saturated heterocycles. The van der Waals surface area contributed by atoms with Gasteiger partial charge < -0.3 is 24.1 Å². The number of esters is 3. The summed E-state index contributed by atoms with van der Waals surface area (Å²) in [6.07, 6.45) is 7.13. The number of ketones is 1. The molecule has 1 heterocycles. The van der Waals surface area contributed by atoms with Crippen LogP contribution >= 0.6 is 0 Å². The van der Waals surface area contributed by atoms with Crippen LogP contribution in [0.25, 0.3) is 0 Å². The summed E-state index contributed by atoms with van der Waals surface area (Å²) in [5.41, 5.74) is -1.52. The van der Waals surface area contributed by atoms with Gasteiger partial charge in [0, 0.05) is 0 Å². The number of allylic oxidation sites excluding steroid dienone is 1. The van der Waals surface area contributed by atoms with Crippen LogP contribution in [0.3, 0.4) is 0 Å². The largest absolute Gasteiger partial charge is 0.508 e. The van der Waals surface area contributed by atoms with E-state index in [1.54, 1.807) is 39.8 Å². The molecular weight excluding hydrogens is 588 g/mol. The number of phenolic OH excluding ortho intramolecular Hbond substituents is 1. The quantitative estimate of drug-likeness (QED) is 0.196. The van der Waals surface area contributed by atoms with Crippen molar-refractivity contribution in [1.29, 1.82) is 0 Å². The molecule has 0 radical (unpaired) electrons. The average molecular weight is 647 g/mol. The van der Waals surface area contributed by atoms with E-state index in [1.807, 2.05) is 48.5 Å². The van der Waals surface area contributed by atoms with Crippen molar-refractivity contribution in [2.45, 2.75) is 146 Å². The van der Waals surface area contributed by atoms with Crippen molar-refractivity contribution in [3.63, 3.8) is 0 Å². The second-order valence-corrected chi connectivity index (χ2v) is 14.1. The van der Waals surface area contributed by atoms with Crippen molar-refractivity contribution in [2.24, 2.45) is 16.2 Å². The van der Waals surface area contributed by atoms with Gasteiger partial charge in [-0.05, 0) is 131 Å². The third-order valence-corrected chi connectivity index (χ3v) is 9.29. The topological polar surface area (TPSA) is 125 Å². The second kappa shape index (κ2) is 17.0. The lowest BCUT2D eigenvalue weighted by Crippen LogP contribution is -2.37. The molecule has 1 saturated carbocycles. The summed E-state index contributed by atoms with van der Waals surface area (Å²) >= 11 is 0. The molecule has 1 N–H and O–H groups in total. The van der Waals surface area contributed by atoms with Crippen LogP contribution in [0.4, 0.5) is 0 Å². The van der Waals surface area contributed by atoms with Crippen molar-refractivity contribution in [3.8, 4) is 11.5 Å². The summed E-state index contributed by atoms with van der Waals surface area (Å²) in [6, 6.07) is 6.11. The monoisotopic (exact) mass is 646 g/mol. The van der Waals surface area contributed by atoms with Crippen molar-refractivity contribution in [3.05, 3.63) is 35.8 Å². The van der Waals surface area contributed by atoms with E-state index in [0.29, 0.717) is 17.9 Å². The Morgan fingerprint density at radius 2 is 1.24 bits per heavy atom. The molecule has 1 fully saturated rings. The minimum Gasteiger partial charge on any atom is -0.508 e. The van der Waals surface area contributed by atoms with Crippen LogP contribution < -0.4 is 4.74 Å². The van der Waals surface area contributed by atoms with Gasteiger partial charge in [0.2, 0.25) is 11.5 Å². The summed E-state index contributed by atoms with van der Waals surface area (Å²) in [7, 11) is 0. The first kappa shape index (κ1) is 40.7. The smallest absolute Gasteiger partial charge is 0.317 e. The van der Waals surface area contributed by atoms with Crippen LogP contribution in [0.15, 0.2) is 35.8 Å². The van der Waals surface area contributed by atoms with Crippen molar-refractivity contribution in [2.75, 3.05) is 0 Å². The van der Waals surface area contributed by atoms with E-state index >= 15 is 0 Å². The molecule has 3 rings (SSSR count). The number of phenols is 1. The number of Topliss-reactive ketones (excluding diaryl/α,β-unsaturated/α-hetero) is 1. The Balaban J connectivity index is 0.000000345. The van der Waals surface area contributed by atoms with Gasteiger partial charge in [0.25, 0.3) is 0 Å². The molecule has 0 aromatic heterocycles. The Hall–Kier alpha value is -3.36. The predicted molar refractivity (Wildman–Crippen MR) is 178 cm³/mol. The normalized spacial score (nSPS) is 17.6. The van der Waals surface area contributed by atoms with Gasteiger partial charge in [-0.1, -0.05) is 27.7 Å². The number of rotatable bonds is 10. The van der Waals surface area contributed by atoms with Gasteiger partial charge >= 0.3 is 17.9 Å². The molecular formula is C37H58O9. The van der Waals surface area contributed by atoms with Crippen molar-refractivity contribution < 1.29 is 43.2 Å². The molecule has 46 heavy (non-hydrogen) atoms. The molecule has 1 aromatic carbocycles. The molecule has 0 amide bonds. The lowest BCUT2D eigenvalue weighted by molar-refractivity contribution is -0.170. The van der Waals surface area contributed by atoms with E-state index in [4.69, 9.17) is 24.1 Å². The van der Waals surface area contributed by atoms with E-state index < -0.39 is 22.9 Å². The average Bonchev–Trinajstić information content (AvgIpc) is 3.58. The molecule has 1 aliphatic carbocycles. The summed E-state index contributed by atoms with van der Waals surface area (Å²) in [6.45, 7) is 22.5. The minimum absolute atomic E-state index is 0.0197. The number of ether oxygens (including phenoxy) is 4. The van der Waals surface area contributed by atoms with Gasteiger partial charge in [0.05, 0.1) is 16.2 Å². The highest BCUT2D eigenvalue weighted by atomic mass is 16.6. The fourth-order valence-electron chi connectivity index (χ4n) is 4.16. The fraction of sp³-hybridized carbons (Fsp3) is 0.676. The van der Waals surface area contributed by atoms with Gasteiger partial charge in [-0.25, -0.2) is 0 Å². The molecule has 0 bridgehead atoms. The molecule has 2 aliphatic rings. The molecule has 1 unspecified atom stereocenters. The molecule has 1 atom stereocenters. The Morgan fingerprint density at radius 1 is 0.804 bits per heavy atom. The van der Waals surface area contributed by atoms with Crippen LogP contribution in [0.5, 0.6) is 11.5 Å². The van der Waals surface area contributed by atoms with Crippen LogP contribution in [-0.2, 0) is 33.4 Å². The molecule has 1 aliphatic heterocycles. The Bertz CT molecular complexity index is 1220. The molecule has 9 heteroatoms. The van der Waals surface area contributed by atoms with E-state index in [-0.39, 0.29) is 40.2 Å². The number of carbonyl (C=O) groups is 4. The summed E-state index contributed by atoms with van der Waals surface area (Å²) in [4.78, 5) is 47.1. The van der Waals surface area contributed by atoms with Gasteiger partial charge in [0.15, 0.2) is 6.10 Å². The Morgan fingerprint density at radius 3 is 1.63 bits per heavy atom. The third-order valence-electron chi connectivity index (χ3n) is 9.29. The highest BCUT2D eigenvalue weighted by Gasteiger charge is 2.40. The number of hydrogen-bond acceptors (Lipinski definition) is 9. The molecule has 260 valence electrons. The maximum Gasteiger partial charge on any atom is 0.317 e. The predicted octanol–water partition coefficient (Wildman–Crippen LogP) is 8.61. The van der Waals surface area contributed by atoms with Crippen LogP contribution in [0.1, 0.15) is 134 Å². The van der Waals surface area contributed by atoms with E-state index in [1.165, 1.54) is 25.0 Å². The first-order chi connectivity index (χ1) is 21.2. The number of aromatic hydroxyl groups is 1. The second-order valence-electron chi connectivity index (χ2n) is 14.1. The number of carbonyl (C=O) groups excluding carboxylic acids is 4. The Labute approximate surface area is 276 Å². The van der Waals surface area contributed by atoms with E-state index in [0.717, 1.165) is 32.1 Å². The van der Waals surface area contributed by atoms with Crippen molar-refractivity contribution >= 4 is 23.7 Å². The highest BCUT2D eigenvalue weighted by Crippen LogP contribution is 2.38. The summed E-state index contributed by atoms with van der Waals surface area (Å²) < 4.78 is 21.3. The van der Waals surface area contributed by atoms with Crippen LogP contribution in [0, 0.1) is 16.2 Å². The highest BCUT2D eigenvalue weighted by molar-refractivity contribution is 6.01. The van der Waals surface area contributed by atoms with Crippen molar-refractivity contribution in [1.82, 2.24) is 0 Å². The standard InChI is InChI=1S/C13H24O2.C12H18O4.C12H16O3/c1-5-12(3,4)11(14)15-13(6-2)9-7-8-10-13;1-6-12(4,5)11(14)16-10-8(3)15-7(2)9(10)13;1-4-12(2,3)11(14)15-10-7-5-9(13)6-8-10/h5-10H2,1-4H3;7H,6H2,1-5H3;5-8,13H,4H2,1-3H3. The molecule has 1 aromatic rings. The maximum absolute atomic E-state index is 12.0. The van der Waals surface area contributed by atoms with E-state index in [9.17, 15) is 19.2 Å². The zero-order chi connectivity index (χ0) is 35.5. The zero-order valence-electron chi connectivity index (χ0n) is 30.3.